The van der Waals surface area contributed by atoms with E-state index in [2.05, 4.69) is 21.7 Å². The second-order valence-electron chi connectivity index (χ2n) is 9.66. The number of hydrogen-bond acceptors (Lipinski definition) is 6. The summed E-state index contributed by atoms with van der Waals surface area (Å²) in [5.74, 6) is 0.585. The largest absolute Gasteiger partial charge is 0.444 e. The van der Waals surface area contributed by atoms with Gasteiger partial charge in [0.05, 0.1) is 23.5 Å². The SMILES string of the molecule is CC[C@@H](NC(=O)OC(C)(C)C)C(=O)Nc1ccc(Oc2ccc(C#N)cc2C(C)(C)C)nc1. The molecule has 0 unspecified atom stereocenters. The summed E-state index contributed by atoms with van der Waals surface area (Å²) in [5, 5.41) is 14.5. The number of aromatic nitrogens is 1. The number of carbonyl (C=O) groups excluding carboxylic acids is 2. The number of nitrogens with one attached hydrogen (secondary N) is 2. The first-order chi connectivity index (χ1) is 15.3. The number of hydrogen-bond donors (Lipinski definition) is 2. The number of carbonyl (C=O) groups is 2. The molecule has 2 N–H and O–H groups in total. The fourth-order valence-corrected chi connectivity index (χ4v) is 2.93. The predicted octanol–water partition coefficient (Wildman–Crippen LogP) is 5.28. The van der Waals surface area contributed by atoms with Gasteiger partial charge in [-0.05, 0) is 56.9 Å². The second-order valence-corrected chi connectivity index (χ2v) is 9.66. The zero-order valence-electron chi connectivity index (χ0n) is 20.3. The number of ether oxygens (including phenoxy) is 2. The van der Waals surface area contributed by atoms with Crippen molar-refractivity contribution < 1.29 is 19.1 Å². The van der Waals surface area contributed by atoms with E-state index >= 15 is 0 Å². The van der Waals surface area contributed by atoms with Crippen molar-refractivity contribution >= 4 is 17.7 Å². The minimum Gasteiger partial charge on any atom is -0.444 e. The molecule has 0 saturated heterocycles. The maximum absolute atomic E-state index is 12.6. The molecule has 1 aromatic heterocycles. The molecular weight excluding hydrogens is 420 g/mol. The van der Waals surface area contributed by atoms with Crippen molar-refractivity contribution in [2.45, 2.75) is 71.9 Å². The number of nitrogens with zero attached hydrogens (tertiary/aromatic N) is 2. The van der Waals surface area contributed by atoms with E-state index in [1.54, 1.807) is 52.0 Å². The number of nitriles is 1. The van der Waals surface area contributed by atoms with Crippen molar-refractivity contribution in [3.8, 4) is 17.7 Å². The first-order valence-electron chi connectivity index (χ1n) is 10.8. The molecule has 8 nitrogen and oxygen atoms in total. The highest BCUT2D eigenvalue weighted by Gasteiger charge is 2.23. The summed E-state index contributed by atoms with van der Waals surface area (Å²) < 4.78 is 11.2. The Bertz CT molecular complexity index is 1030. The molecule has 0 fully saturated rings. The molecule has 2 amide bonds. The van der Waals surface area contributed by atoms with E-state index < -0.39 is 17.7 Å². The van der Waals surface area contributed by atoms with Crippen LogP contribution in [0.3, 0.4) is 0 Å². The summed E-state index contributed by atoms with van der Waals surface area (Å²) in [5.41, 5.74) is 1.03. The Hall–Kier alpha value is -3.60. The van der Waals surface area contributed by atoms with Crippen LogP contribution < -0.4 is 15.4 Å². The van der Waals surface area contributed by atoms with E-state index in [4.69, 9.17) is 9.47 Å². The molecule has 2 rings (SSSR count). The Balaban J connectivity index is 2.08. The lowest BCUT2D eigenvalue weighted by Crippen LogP contribution is -2.45. The van der Waals surface area contributed by atoms with Crippen LogP contribution in [-0.4, -0.2) is 28.6 Å². The Labute approximate surface area is 195 Å². The molecule has 0 bridgehead atoms. The monoisotopic (exact) mass is 452 g/mol. The average molecular weight is 453 g/mol. The third-order valence-corrected chi connectivity index (χ3v) is 4.55. The van der Waals surface area contributed by atoms with Crippen molar-refractivity contribution in [2.24, 2.45) is 0 Å². The number of benzene rings is 1. The van der Waals surface area contributed by atoms with Crippen molar-refractivity contribution in [1.82, 2.24) is 10.3 Å². The summed E-state index contributed by atoms with van der Waals surface area (Å²) in [4.78, 5) is 28.8. The number of rotatable bonds is 6. The Morgan fingerprint density at radius 1 is 1.12 bits per heavy atom. The number of amides is 2. The zero-order chi connectivity index (χ0) is 24.8. The second kappa shape index (κ2) is 10.3. The first kappa shape index (κ1) is 25.7. The van der Waals surface area contributed by atoms with Gasteiger partial charge in [0.1, 0.15) is 17.4 Å². The van der Waals surface area contributed by atoms with Gasteiger partial charge < -0.3 is 20.1 Å². The lowest BCUT2D eigenvalue weighted by Gasteiger charge is -2.23. The van der Waals surface area contributed by atoms with Gasteiger partial charge in [0, 0.05) is 11.6 Å². The van der Waals surface area contributed by atoms with Crippen LogP contribution in [0.5, 0.6) is 11.6 Å². The normalized spacial score (nSPS) is 12.3. The van der Waals surface area contributed by atoms with Crippen molar-refractivity contribution in [1.29, 1.82) is 5.26 Å². The van der Waals surface area contributed by atoms with Gasteiger partial charge in [-0.1, -0.05) is 27.7 Å². The van der Waals surface area contributed by atoms with Crippen LogP contribution in [0.2, 0.25) is 0 Å². The van der Waals surface area contributed by atoms with Crippen molar-refractivity contribution in [3.63, 3.8) is 0 Å². The molecule has 1 atom stereocenters. The third kappa shape index (κ3) is 7.79. The highest BCUT2D eigenvalue weighted by atomic mass is 16.6. The minimum absolute atomic E-state index is 0.230. The molecule has 0 aliphatic heterocycles. The molecule has 176 valence electrons. The van der Waals surface area contributed by atoms with Crippen LogP contribution in [0, 0.1) is 11.3 Å². The predicted molar refractivity (Wildman–Crippen MR) is 126 cm³/mol. The lowest BCUT2D eigenvalue weighted by molar-refractivity contribution is -0.118. The Morgan fingerprint density at radius 3 is 2.33 bits per heavy atom. The molecule has 0 spiro atoms. The van der Waals surface area contributed by atoms with E-state index in [0.29, 0.717) is 29.3 Å². The van der Waals surface area contributed by atoms with Gasteiger partial charge in [-0.25, -0.2) is 9.78 Å². The first-order valence-corrected chi connectivity index (χ1v) is 10.8. The number of alkyl carbamates (subject to hydrolysis) is 1. The fourth-order valence-electron chi connectivity index (χ4n) is 2.93. The van der Waals surface area contributed by atoms with Crippen LogP contribution in [0.1, 0.15) is 66.0 Å². The number of anilines is 1. The van der Waals surface area contributed by atoms with E-state index in [9.17, 15) is 14.9 Å². The van der Waals surface area contributed by atoms with Crippen molar-refractivity contribution in [2.75, 3.05) is 5.32 Å². The molecule has 8 heteroatoms. The maximum atomic E-state index is 12.6. The standard InChI is InChI=1S/C25H32N4O4/c1-8-19(29-23(31)33-25(5,6)7)22(30)28-17-10-12-21(27-15-17)32-20-11-9-16(14-26)13-18(20)24(2,3)4/h9-13,15,19H,8H2,1-7H3,(H,28,30)(H,29,31)/t19-/m1/s1. The molecule has 1 heterocycles. The summed E-state index contributed by atoms with van der Waals surface area (Å²) in [6, 6.07) is 9.97. The highest BCUT2D eigenvalue weighted by Crippen LogP contribution is 2.34. The minimum atomic E-state index is -0.747. The smallest absolute Gasteiger partial charge is 0.408 e. The fraction of sp³-hybridized carbons (Fsp3) is 0.440. The average Bonchev–Trinajstić information content (AvgIpc) is 2.71. The van der Waals surface area contributed by atoms with E-state index in [1.165, 1.54) is 6.20 Å². The summed E-state index contributed by atoms with van der Waals surface area (Å²) in [6.07, 6.45) is 1.23. The molecular formula is C25H32N4O4. The molecule has 1 aromatic carbocycles. The van der Waals surface area contributed by atoms with Gasteiger partial charge in [0.2, 0.25) is 11.8 Å². The van der Waals surface area contributed by atoms with Gasteiger partial charge in [-0.2, -0.15) is 5.26 Å². The van der Waals surface area contributed by atoms with Crippen LogP contribution in [0.15, 0.2) is 36.5 Å². The molecule has 0 radical (unpaired) electrons. The van der Waals surface area contributed by atoms with E-state index in [-0.39, 0.29) is 11.3 Å². The maximum Gasteiger partial charge on any atom is 0.408 e. The van der Waals surface area contributed by atoms with Crippen LogP contribution >= 0.6 is 0 Å². The highest BCUT2D eigenvalue weighted by molar-refractivity contribution is 5.96. The van der Waals surface area contributed by atoms with Gasteiger partial charge in [-0.3, -0.25) is 4.79 Å². The van der Waals surface area contributed by atoms with E-state index in [0.717, 1.165) is 5.56 Å². The molecule has 0 saturated carbocycles. The molecule has 0 aliphatic rings. The van der Waals surface area contributed by atoms with Crippen LogP contribution in [0.4, 0.5) is 10.5 Å². The van der Waals surface area contributed by atoms with Gasteiger partial charge in [0.25, 0.3) is 0 Å². The van der Waals surface area contributed by atoms with Crippen LogP contribution in [0.25, 0.3) is 0 Å². The summed E-state index contributed by atoms with van der Waals surface area (Å²) >= 11 is 0. The Morgan fingerprint density at radius 2 is 1.82 bits per heavy atom. The molecule has 2 aromatic rings. The number of pyridine rings is 1. The van der Waals surface area contributed by atoms with Crippen LogP contribution in [-0.2, 0) is 14.9 Å². The molecule has 33 heavy (non-hydrogen) atoms. The van der Waals surface area contributed by atoms with Gasteiger partial charge in [0.15, 0.2) is 0 Å². The van der Waals surface area contributed by atoms with Gasteiger partial charge in [-0.15, -0.1) is 0 Å². The van der Waals surface area contributed by atoms with E-state index in [1.807, 2.05) is 26.8 Å². The lowest BCUT2D eigenvalue weighted by atomic mass is 9.85. The quantitative estimate of drug-likeness (QED) is 0.616. The third-order valence-electron chi connectivity index (χ3n) is 4.55. The molecule has 0 aliphatic carbocycles. The zero-order valence-corrected chi connectivity index (χ0v) is 20.3. The summed E-state index contributed by atoms with van der Waals surface area (Å²) in [6.45, 7) is 13.2. The van der Waals surface area contributed by atoms with Crippen molar-refractivity contribution in [3.05, 3.63) is 47.7 Å². The van der Waals surface area contributed by atoms with Gasteiger partial charge >= 0.3 is 6.09 Å². The topological polar surface area (TPSA) is 113 Å². The Kier molecular flexibility index (Phi) is 8.04. The summed E-state index contributed by atoms with van der Waals surface area (Å²) in [7, 11) is 0.